The van der Waals surface area contributed by atoms with Crippen molar-refractivity contribution in [1.82, 2.24) is 15.5 Å². The summed E-state index contributed by atoms with van der Waals surface area (Å²) in [5, 5.41) is 6.29. The molecule has 1 aliphatic rings. The van der Waals surface area contributed by atoms with E-state index < -0.39 is 30.0 Å². The Hall–Kier alpha value is -2.43. The van der Waals surface area contributed by atoms with Crippen molar-refractivity contribution >= 4 is 51.5 Å². The molecular formula is C36H65N3O15S2. The number of carbonyl (C=O) groups excluding carboxylic acids is 5. The lowest BCUT2D eigenvalue weighted by atomic mass is 10.1. The number of carbonyl (C=O) groups is 5. The number of unbranched alkanes of at least 4 members (excludes halogenated alkanes) is 2. The summed E-state index contributed by atoms with van der Waals surface area (Å²) in [6.07, 6.45) is 5.79. The lowest BCUT2D eigenvalue weighted by Crippen LogP contribution is -2.47. The zero-order valence-electron chi connectivity index (χ0n) is 33.4. The van der Waals surface area contributed by atoms with E-state index in [2.05, 4.69) is 20.1 Å². The van der Waals surface area contributed by atoms with Crippen molar-refractivity contribution in [3.05, 3.63) is 0 Å². The summed E-state index contributed by atoms with van der Waals surface area (Å²) in [5.74, 6) is -0.499. The maximum atomic E-state index is 12.4. The van der Waals surface area contributed by atoms with Gasteiger partial charge < -0.3 is 58.0 Å². The number of hydrogen-bond acceptors (Lipinski definition) is 18. The highest BCUT2D eigenvalue weighted by atomic mass is 33.1. The highest BCUT2D eigenvalue weighted by molar-refractivity contribution is 8.77. The fourth-order valence-electron chi connectivity index (χ4n) is 4.99. The van der Waals surface area contributed by atoms with Crippen LogP contribution >= 0.6 is 21.6 Å². The fourth-order valence-corrected chi connectivity index (χ4v) is 8.02. The third-order valence-electron chi connectivity index (χ3n) is 8.00. The van der Waals surface area contributed by atoms with E-state index in [1.54, 1.807) is 0 Å². The standard InChI is InChI=1S/C36H65N3O15S2/c1-45-33(41)28-39(29-34(42)46-2)31(35(43)47-3)9-6-7-12-38-36(44)54-26-25-53-24-23-52-22-21-51-20-19-50-18-17-49-16-15-48-14-13-37-32(40)10-5-4-8-30-11-27-55-56-30/h30-31H,4-29H2,1-3H3,(H,37,40)(H,38,44)/t30?,31-/m0/s1. The Kier molecular flexibility index (Phi) is 34.0. The molecule has 2 amide bonds. The molecule has 0 aromatic carbocycles. The first-order chi connectivity index (χ1) is 27.3. The lowest BCUT2D eigenvalue weighted by Gasteiger charge is -2.27. The molecule has 0 spiro atoms. The van der Waals surface area contributed by atoms with Gasteiger partial charge in [0.1, 0.15) is 12.6 Å². The predicted octanol–water partition coefficient (Wildman–Crippen LogP) is 2.00. The number of methoxy groups -OCH3 is 3. The van der Waals surface area contributed by atoms with E-state index in [0.717, 1.165) is 18.1 Å². The Labute approximate surface area is 339 Å². The molecule has 1 unspecified atom stereocenters. The number of rotatable bonds is 37. The highest BCUT2D eigenvalue weighted by Gasteiger charge is 2.30. The van der Waals surface area contributed by atoms with Crippen LogP contribution < -0.4 is 10.6 Å². The molecule has 2 N–H and O–H groups in total. The molecule has 2 atom stereocenters. The second-order valence-corrected chi connectivity index (χ2v) is 15.0. The van der Waals surface area contributed by atoms with Crippen molar-refractivity contribution in [2.45, 2.75) is 62.7 Å². The zero-order valence-corrected chi connectivity index (χ0v) is 35.1. The van der Waals surface area contributed by atoms with Gasteiger partial charge in [0.25, 0.3) is 0 Å². The number of nitrogens with zero attached hydrogens (tertiary/aromatic N) is 1. The number of ether oxygens (including phenoxy) is 10. The first kappa shape index (κ1) is 51.6. The number of esters is 3. The second-order valence-electron chi connectivity index (χ2n) is 12.3. The molecule has 326 valence electrons. The van der Waals surface area contributed by atoms with Crippen LogP contribution in [0.5, 0.6) is 0 Å². The summed E-state index contributed by atoms with van der Waals surface area (Å²) in [7, 11) is 7.58. The first-order valence-electron chi connectivity index (χ1n) is 19.2. The van der Waals surface area contributed by atoms with Crippen molar-refractivity contribution in [1.29, 1.82) is 0 Å². The minimum absolute atomic E-state index is 0.0640. The predicted molar refractivity (Wildman–Crippen MR) is 209 cm³/mol. The van der Waals surface area contributed by atoms with E-state index in [0.29, 0.717) is 98.5 Å². The minimum Gasteiger partial charge on any atom is -0.468 e. The minimum atomic E-state index is -0.878. The number of hydrogen-bond donors (Lipinski definition) is 2. The van der Waals surface area contributed by atoms with Gasteiger partial charge in [-0.15, -0.1) is 0 Å². The summed E-state index contributed by atoms with van der Waals surface area (Å²) in [6.45, 7) is 5.18. The first-order valence-corrected chi connectivity index (χ1v) is 21.6. The quantitative estimate of drug-likeness (QED) is 0.0397. The van der Waals surface area contributed by atoms with Gasteiger partial charge >= 0.3 is 24.0 Å². The maximum Gasteiger partial charge on any atom is 0.407 e. The van der Waals surface area contributed by atoms with E-state index in [4.69, 9.17) is 37.9 Å². The van der Waals surface area contributed by atoms with Gasteiger partial charge in [0.05, 0.1) is 114 Å². The van der Waals surface area contributed by atoms with E-state index >= 15 is 0 Å². The van der Waals surface area contributed by atoms with Crippen LogP contribution in [0.15, 0.2) is 0 Å². The topological polar surface area (TPSA) is 205 Å². The van der Waals surface area contributed by atoms with Gasteiger partial charge in [0.15, 0.2) is 0 Å². The van der Waals surface area contributed by atoms with Crippen molar-refractivity contribution < 1.29 is 71.3 Å². The average Bonchev–Trinajstić information content (AvgIpc) is 3.73. The fraction of sp³-hybridized carbons (Fsp3) is 0.861. The number of nitrogens with one attached hydrogen (secondary N) is 2. The molecule has 1 saturated heterocycles. The molecular weight excluding hydrogens is 779 g/mol. The Morgan fingerprint density at radius 3 is 1.66 bits per heavy atom. The molecule has 1 heterocycles. The zero-order chi connectivity index (χ0) is 40.9. The monoisotopic (exact) mass is 843 g/mol. The summed E-state index contributed by atoms with van der Waals surface area (Å²) in [4.78, 5) is 61.2. The van der Waals surface area contributed by atoms with Crippen LogP contribution in [-0.4, -0.2) is 185 Å². The van der Waals surface area contributed by atoms with E-state index in [1.807, 2.05) is 21.6 Å². The number of amides is 2. The van der Waals surface area contributed by atoms with E-state index in [-0.39, 0.29) is 45.2 Å². The van der Waals surface area contributed by atoms with Gasteiger partial charge in [-0.1, -0.05) is 28.0 Å². The third kappa shape index (κ3) is 29.8. The number of alkyl carbamates (subject to hydrolysis) is 1. The molecule has 0 aromatic rings. The molecule has 0 aromatic heterocycles. The summed E-state index contributed by atoms with van der Waals surface area (Å²) >= 11 is 0. The molecule has 0 radical (unpaired) electrons. The van der Waals surface area contributed by atoms with Crippen LogP contribution in [0.25, 0.3) is 0 Å². The molecule has 0 bridgehead atoms. The van der Waals surface area contributed by atoms with Crippen LogP contribution in [0.4, 0.5) is 4.79 Å². The van der Waals surface area contributed by atoms with Crippen LogP contribution in [-0.2, 0) is 66.5 Å². The molecule has 0 saturated carbocycles. The van der Waals surface area contributed by atoms with E-state index in [1.165, 1.54) is 44.8 Å². The van der Waals surface area contributed by atoms with Gasteiger partial charge in [0, 0.05) is 30.5 Å². The normalized spacial score (nSPS) is 14.3. The van der Waals surface area contributed by atoms with Crippen LogP contribution in [0.2, 0.25) is 0 Å². The van der Waals surface area contributed by atoms with Gasteiger partial charge in [-0.25, -0.2) is 4.79 Å². The Morgan fingerprint density at radius 1 is 0.625 bits per heavy atom. The van der Waals surface area contributed by atoms with Crippen LogP contribution in [0.1, 0.15) is 51.4 Å². The van der Waals surface area contributed by atoms with Crippen molar-refractivity contribution in [3.63, 3.8) is 0 Å². The summed E-state index contributed by atoms with van der Waals surface area (Å²) in [5.41, 5.74) is 0. The Bertz CT molecular complexity index is 1030. The smallest absolute Gasteiger partial charge is 0.407 e. The second kappa shape index (κ2) is 36.9. The Balaban J connectivity index is 1.86. The summed E-state index contributed by atoms with van der Waals surface area (Å²) < 4.78 is 52.0. The molecule has 0 aliphatic carbocycles. The largest absolute Gasteiger partial charge is 0.468 e. The average molecular weight is 844 g/mol. The Morgan fingerprint density at radius 2 is 1.16 bits per heavy atom. The molecule has 18 nitrogen and oxygen atoms in total. The van der Waals surface area contributed by atoms with Crippen LogP contribution in [0, 0.1) is 0 Å². The highest BCUT2D eigenvalue weighted by Crippen LogP contribution is 2.39. The molecule has 1 fully saturated rings. The van der Waals surface area contributed by atoms with Crippen LogP contribution in [0.3, 0.4) is 0 Å². The molecule has 20 heteroatoms. The van der Waals surface area contributed by atoms with E-state index in [9.17, 15) is 24.0 Å². The van der Waals surface area contributed by atoms with Gasteiger partial charge in [0.2, 0.25) is 5.91 Å². The molecule has 56 heavy (non-hydrogen) atoms. The maximum absolute atomic E-state index is 12.4. The molecule has 1 rings (SSSR count). The molecule has 1 aliphatic heterocycles. The van der Waals surface area contributed by atoms with Crippen molar-refractivity contribution in [3.8, 4) is 0 Å². The summed E-state index contributed by atoms with van der Waals surface area (Å²) in [6, 6.07) is -0.878. The van der Waals surface area contributed by atoms with Gasteiger partial charge in [-0.2, -0.15) is 0 Å². The SMILES string of the molecule is COC(=O)CN(CC(=O)OC)[C@@H](CCCCNC(=O)OCCOCCOCCOCCOCCOCCOCCNC(=O)CCCCC1CCSS1)C(=O)OC. The lowest BCUT2D eigenvalue weighted by molar-refractivity contribution is -0.153. The van der Waals surface area contributed by atoms with Crippen molar-refractivity contribution in [2.75, 3.05) is 139 Å². The van der Waals surface area contributed by atoms with Gasteiger partial charge in [-0.3, -0.25) is 24.1 Å². The third-order valence-corrected chi connectivity index (χ3v) is 11.0. The van der Waals surface area contributed by atoms with Crippen molar-refractivity contribution in [2.24, 2.45) is 0 Å². The van der Waals surface area contributed by atoms with Gasteiger partial charge in [-0.05, 0) is 38.5 Å².